The van der Waals surface area contributed by atoms with Crippen molar-refractivity contribution in [3.8, 4) is 0 Å². The molecule has 0 unspecified atom stereocenters. The van der Waals surface area contributed by atoms with Crippen LogP contribution in [-0.4, -0.2) is 219 Å². The van der Waals surface area contributed by atoms with Crippen LogP contribution < -0.4 is 89.1 Å². The predicted octanol–water partition coefficient (Wildman–Crippen LogP) is 3.88. The number of nitrogens with zero attached hydrogens (tertiary/aromatic N) is 15. The summed E-state index contributed by atoms with van der Waals surface area (Å²) in [7, 11) is 61.0. The van der Waals surface area contributed by atoms with Gasteiger partial charge in [0.05, 0.1) is 85.3 Å². The molecule has 3 rings (SSSR count). The second-order valence-electron chi connectivity index (χ2n) is 20.4. The van der Waals surface area contributed by atoms with E-state index in [-0.39, 0.29) is 0 Å². The first kappa shape index (κ1) is 54.5. The lowest BCUT2D eigenvalue weighted by atomic mass is 10.1. The van der Waals surface area contributed by atoms with Crippen molar-refractivity contribution in [1.82, 2.24) is 0 Å². The molecule has 0 aliphatic heterocycles. The Balaban J connectivity index is 3.56. The van der Waals surface area contributed by atoms with Gasteiger partial charge >= 0.3 is 0 Å². The summed E-state index contributed by atoms with van der Waals surface area (Å²) >= 11 is 9.89. The highest BCUT2D eigenvalue weighted by Crippen LogP contribution is 2.56. The lowest BCUT2D eigenvalue weighted by Gasteiger charge is -2.47. The molecule has 0 saturated carbocycles. The van der Waals surface area contributed by atoms with Gasteiger partial charge in [-0.2, -0.15) is 0 Å². The van der Waals surface area contributed by atoms with E-state index in [4.69, 9.17) is 0 Å². The van der Waals surface area contributed by atoms with Crippen LogP contribution >= 0.6 is 11.1 Å². The van der Waals surface area contributed by atoms with Gasteiger partial charge in [-0.25, -0.2) is 0 Å². The number of benzene rings is 3. The van der Waals surface area contributed by atoms with Crippen molar-refractivity contribution in [3.05, 3.63) is 0 Å². The molecule has 0 heterocycles. The van der Waals surface area contributed by atoms with Crippen LogP contribution in [0.1, 0.15) is 0 Å². The third-order valence-corrected chi connectivity index (χ3v) is 17.0. The van der Waals surface area contributed by atoms with Gasteiger partial charge < -0.3 is 73.5 Å². The molecule has 0 aliphatic rings. The average Bonchev–Trinajstić information content (AvgIpc) is 3.15. The molecular formula is C48H90ClN15Si. The monoisotopic (exact) mass is 940 g/mol. The molecule has 17 heteroatoms. The van der Waals surface area contributed by atoms with Crippen molar-refractivity contribution in [1.29, 1.82) is 0 Å². The van der Waals surface area contributed by atoms with E-state index in [1.807, 2.05) is 0 Å². The Bertz CT molecular complexity index is 1810. The molecular weight excluding hydrogens is 850 g/mol. The minimum Gasteiger partial charge on any atom is -0.376 e. The molecule has 0 N–H and O–H groups in total. The zero-order chi connectivity index (χ0) is 50.6. The van der Waals surface area contributed by atoms with Gasteiger partial charge in [-0.15, -0.1) is 11.1 Å². The van der Waals surface area contributed by atoms with Crippen molar-refractivity contribution in [2.24, 2.45) is 0 Å². The zero-order valence-electron chi connectivity index (χ0n) is 46.6. The summed E-state index contributed by atoms with van der Waals surface area (Å²) in [5, 5.41) is 3.30. The van der Waals surface area contributed by atoms with E-state index in [1.165, 1.54) is 0 Å². The minimum atomic E-state index is -4.15. The predicted molar refractivity (Wildman–Crippen MR) is 305 cm³/mol. The summed E-state index contributed by atoms with van der Waals surface area (Å²) in [5.74, 6) is 0. The van der Waals surface area contributed by atoms with E-state index in [1.54, 1.807) is 0 Å². The molecule has 0 aromatic heterocycles. The number of anilines is 15. The lowest BCUT2D eigenvalue weighted by Crippen LogP contribution is -2.68. The van der Waals surface area contributed by atoms with Crippen LogP contribution in [-0.2, 0) is 0 Å². The molecule has 0 spiro atoms. The van der Waals surface area contributed by atoms with Crippen molar-refractivity contribution >= 4 is 119 Å². The summed E-state index contributed by atoms with van der Waals surface area (Å²) in [4.78, 5) is 34.3. The molecule has 3 aromatic carbocycles. The standard InChI is InChI=1S/C48H90ClN15Si/c1-50(2)31-34(53(7)8)40(59(19)20)46(41(60(21)22)35(31)54(9)10)65(49,47-42(61(23)24)36(55(11)12)32(51(3)4)37(56(13)14)43(47)62(25)26)48-44(63(27)28)38(57(15)16)33(52(5)6)39(58(17)18)45(48)64(29)30/h1-30H3. The Labute approximate surface area is 402 Å². The maximum absolute atomic E-state index is 9.89. The molecule has 0 fully saturated rings. The summed E-state index contributed by atoms with van der Waals surface area (Å²) in [6, 6.07) is 0. The highest BCUT2D eigenvalue weighted by atomic mass is 35.6. The molecule has 0 amide bonds. The second-order valence-corrected chi connectivity index (χ2v) is 24.9. The third-order valence-electron chi connectivity index (χ3n) is 11.9. The molecule has 3 aromatic rings. The van der Waals surface area contributed by atoms with E-state index in [0.717, 1.165) is 101 Å². The first-order chi connectivity index (χ1) is 29.7. The van der Waals surface area contributed by atoms with Crippen molar-refractivity contribution in [2.45, 2.75) is 0 Å². The van der Waals surface area contributed by atoms with Crippen LogP contribution in [0, 0.1) is 0 Å². The smallest absolute Gasteiger partial charge is 0.260 e. The Kier molecular flexibility index (Phi) is 16.7. The Morgan fingerprint density at radius 1 is 0.169 bits per heavy atom. The Morgan fingerprint density at radius 3 is 0.323 bits per heavy atom. The van der Waals surface area contributed by atoms with Gasteiger partial charge in [0.15, 0.2) is 0 Å². The molecule has 368 valence electrons. The fourth-order valence-corrected chi connectivity index (χ4v) is 16.2. The van der Waals surface area contributed by atoms with Gasteiger partial charge in [0.25, 0.3) is 7.38 Å². The van der Waals surface area contributed by atoms with E-state index in [0.29, 0.717) is 0 Å². The number of halogens is 1. The molecule has 0 saturated heterocycles. The van der Waals surface area contributed by atoms with Crippen LogP contribution in [0.15, 0.2) is 0 Å². The lowest BCUT2D eigenvalue weighted by molar-refractivity contribution is 1.01. The van der Waals surface area contributed by atoms with E-state index in [2.05, 4.69) is 285 Å². The molecule has 0 atom stereocenters. The van der Waals surface area contributed by atoms with Gasteiger partial charge in [-0.3, -0.25) is 0 Å². The molecule has 0 radical (unpaired) electrons. The third kappa shape index (κ3) is 9.18. The number of hydrogen-bond donors (Lipinski definition) is 0. The minimum absolute atomic E-state index is 1.07. The molecule has 0 bridgehead atoms. The van der Waals surface area contributed by atoms with Crippen molar-refractivity contribution in [3.63, 3.8) is 0 Å². The van der Waals surface area contributed by atoms with E-state index >= 15 is 0 Å². The van der Waals surface area contributed by atoms with Crippen LogP contribution in [0.3, 0.4) is 0 Å². The highest BCUT2D eigenvalue weighted by molar-refractivity contribution is 7.43. The second kappa shape index (κ2) is 20.0. The maximum atomic E-state index is 9.89. The largest absolute Gasteiger partial charge is 0.376 e. The number of hydrogen-bond acceptors (Lipinski definition) is 15. The normalized spacial score (nSPS) is 11.3. The number of rotatable bonds is 18. The first-order valence-electron chi connectivity index (χ1n) is 22.2. The SMILES string of the molecule is CN(C)c1c(N(C)C)c(N(C)C)c([Si](Cl)(c2c(N(C)C)c(N(C)C)c(N(C)C)c(N(C)C)c2N(C)C)c2c(N(C)C)c(N(C)C)c(N(C)C)c(N(C)C)c2N(C)C)c(N(C)C)c1N(C)C. The van der Waals surface area contributed by atoms with Crippen LogP contribution in [0.4, 0.5) is 85.3 Å². The molecule has 15 nitrogen and oxygen atoms in total. The summed E-state index contributed by atoms with van der Waals surface area (Å²) in [6.45, 7) is 0. The first-order valence-corrected chi connectivity index (χ1v) is 25.2. The van der Waals surface area contributed by atoms with Gasteiger partial charge in [-0.1, -0.05) is 0 Å². The fraction of sp³-hybridized carbons (Fsp3) is 0.625. The van der Waals surface area contributed by atoms with Crippen LogP contribution in [0.2, 0.25) is 0 Å². The van der Waals surface area contributed by atoms with Gasteiger partial charge in [0, 0.05) is 227 Å². The summed E-state index contributed by atoms with van der Waals surface area (Å²) < 4.78 is 0. The van der Waals surface area contributed by atoms with Crippen LogP contribution in [0.5, 0.6) is 0 Å². The average molecular weight is 941 g/mol. The summed E-state index contributed by atoms with van der Waals surface area (Å²) in [5.41, 5.74) is 16.3. The van der Waals surface area contributed by atoms with E-state index in [9.17, 15) is 11.1 Å². The van der Waals surface area contributed by atoms with Crippen molar-refractivity contribution < 1.29 is 0 Å². The highest BCUT2D eigenvalue weighted by Gasteiger charge is 2.55. The summed E-state index contributed by atoms with van der Waals surface area (Å²) in [6.07, 6.45) is 0. The Morgan fingerprint density at radius 2 is 0.246 bits per heavy atom. The van der Waals surface area contributed by atoms with Gasteiger partial charge in [0.1, 0.15) is 0 Å². The quantitative estimate of drug-likeness (QED) is 0.105. The zero-order valence-corrected chi connectivity index (χ0v) is 48.3. The fourth-order valence-electron chi connectivity index (χ4n) is 9.84. The maximum Gasteiger partial charge on any atom is 0.260 e. The molecule has 0 aliphatic carbocycles. The topological polar surface area (TPSA) is 48.6 Å². The van der Waals surface area contributed by atoms with Gasteiger partial charge in [-0.05, 0) is 0 Å². The van der Waals surface area contributed by atoms with Crippen molar-refractivity contribution in [2.75, 3.05) is 285 Å². The van der Waals surface area contributed by atoms with Gasteiger partial charge in [0.2, 0.25) is 0 Å². The van der Waals surface area contributed by atoms with Crippen LogP contribution in [0.25, 0.3) is 0 Å². The molecule has 65 heavy (non-hydrogen) atoms. The Hall–Kier alpha value is -4.83. The van der Waals surface area contributed by atoms with E-state index < -0.39 is 7.38 Å².